The molecular formula is C16H28N4O. The maximum Gasteiger partial charge on any atom is 0.188 e. The third-order valence-electron chi connectivity index (χ3n) is 3.09. The van der Waals surface area contributed by atoms with Crippen molar-refractivity contribution in [1.82, 2.24) is 10.2 Å². The Morgan fingerprint density at radius 3 is 2.76 bits per heavy atom. The summed E-state index contributed by atoms with van der Waals surface area (Å²) in [6.45, 7) is 5.33. The molecule has 0 saturated heterocycles. The Hall–Kier alpha value is -1.59. The number of nitrogens with two attached hydrogens (primary N) is 1. The van der Waals surface area contributed by atoms with Gasteiger partial charge in [0, 0.05) is 26.2 Å². The minimum absolute atomic E-state index is 0.180. The molecule has 5 heteroatoms. The van der Waals surface area contributed by atoms with Gasteiger partial charge in [0.2, 0.25) is 0 Å². The second-order valence-electron chi connectivity index (χ2n) is 5.34. The van der Waals surface area contributed by atoms with Crippen LogP contribution in [0.25, 0.3) is 0 Å². The van der Waals surface area contributed by atoms with Gasteiger partial charge >= 0.3 is 0 Å². The average molecular weight is 292 g/mol. The standard InChI is InChI=1S/C16H28N4O/c1-14(13-21-3)19-16(17)18-10-7-11-20(2)12-15-8-5-4-6-9-15/h4-6,8-9,14H,7,10-13H2,1-3H3,(H3,17,18,19). The van der Waals surface area contributed by atoms with Gasteiger partial charge in [0.15, 0.2) is 5.96 Å². The first kappa shape index (κ1) is 17.5. The van der Waals surface area contributed by atoms with Crippen LogP contribution < -0.4 is 11.1 Å². The van der Waals surface area contributed by atoms with E-state index in [1.165, 1.54) is 5.56 Å². The molecule has 1 unspecified atom stereocenters. The van der Waals surface area contributed by atoms with E-state index in [4.69, 9.17) is 10.5 Å². The Balaban J connectivity index is 2.18. The van der Waals surface area contributed by atoms with E-state index in [1.807, 2.05) is 13.0 Å². The van der Waals surface area contributed by atoms with Crippen LogP contribution >= 0.6 is 0 Å². The Kier molecular flexibility index (Phi) is 8.47. The molecule has 0 saturated carbocycles. The molecule has 0 aromatic heterocycles. The van der Waals surface area contributed by atoms with Gasteiger partial charge < -0.3 is 20.7 Å². The number of nitrogens with one attached hydrogen (secondary N) is 1. The van der Waals surface area contributed by atoms with Gasteiger partial charge in [0.05, 0.1) is 6.61 Å². The molecule has 0 heterocycles. The van der Waals surface area contributed by atoms with Crippen molar-refractivity contribution < 1.29 is 4.74 Å². The van der Waals surface area contributed by atoms with E-state index in [2.05, 4.69) is 46.5 Å². The third-order valence-corrected chi connectivity index (χ3v) is 3.09. The van der Waals surface area contributed by atoms with E-state index in [0.29, 0.717) is 12.6 Å². The van der Waals surface area contributed by atoms with Crippen molar-refractivity contribution in [3.05, 3.63) is 35.9 Å². The number of ether oxygens (including phenoxy) is 1. The molecule has 1 rings (SSSR count). The lowest BCUT2D eigenvalue weighted by atomic mass is 10.2. The molecule has 118 valence electrons. The second-order valence-corrected chi connectivity index (χ2v) is 5.34. The Morgan fingerprint density at radius 1 is 1.38 bits per heavy atom. The summed E-state index contributed by atoms with van der Waals surface area (Å²) in [6.07, 6.45) is 0.990. The molecular weight excluding hydrogens is 264 g/mol. The van der Waals surface area contributed by atoms with Gasteiger partial charge in [-0.25, -0.2) is 0 Å². The minimum atomic E-state index is 0.180. The largest absolute Gasteiger partial charge is 0.383 e. The van der Waals surface area contributed by atoms with Gasteiger partial charge in [-0.15, -0.1) is 0 Å². The normalized spacial score (nSPS) is 13.4. The molecule has 1 aromatic rings. The number of hydrogen-bond acceptors (Lipinski definition) is 3. The van der Waals surface area contributed by atoms with Crippen LogP contribution in [0, 0.1) is 0 Å². The smallest absolute Gasteiger partial charge is 0.188 e. The molecule has 0 amide bonds. The fourth-order valence-electron chi connectivity index (χ4n) is 2.10. The van der Waals surface area contributed by atoms with E-state index < -0.39 is 0 Å². The van der Waals surface area contributed by atoms with E-state index in [0.717, 1.165) is 26.1 Å². The topological polar surface area (TPSA) is 62.9 Å². The zero-order valence-electron chi connectivity index (χ0n) is 13.4. The first-order chi connectivity index (χ1) is 10.1. The number of aliphatic imine (C=N–C) groups is 1. The summed E-state index contributed by atoms with van der Waals surface area (Å²) in [5.74, 6) is 0.491. The highest BCUT2D eigenvalue weighted by Gasteiger charge is 2.02. The van der Waals surface area contributed by atoms with Crippen molar-refractivity contribution in [3.63, 3.8) is 0 Å². The molecule has 3 N–H and O–H groups in total. The fraction of sp³-hybridized carbons (Fsp3) is 0.562. The number of methoxy groups -OCH3 is 1. The van der Waals surface area contributed by atoms with Crippen molar-refractivity contribution in [2.24, 2.45) is 10.7 Å². The Labute approximate surface area is 128 Å². The highest BCUT2D eigenvalue weighted by atomic mass is 16.5. The number of guanidine groups is 1. The van der Waals surface area contributed by atoms with Crippen LogP contribution in [0.2, 0.25) is 0 Å². The van der Waals surface area contributed by atoms with Gasteiger partial charge in [-0.3, -0.25) is 4.99 Å². The zero-order valence-corrected chi connectivity index (χ0v) is 13.4. The highest BCUT2D eigenvalue weighted by Crippen LogP contribution is 2.02. The number of nitrogens with zero attached hydrogens (tertiary/aromatic N) is 2. The zero-order chi connectivity index (χ0) is 15.5. The molecule has 5 nitrogen and oxygen atoms in total. The Bertz CT molecular complexity index is 408. The van der Waals surface area contributed by atoms with Crippen LogP contribution in [0.15, 0.2) is 35.3 Å². The summed E-state index contributed by atoms with van der Waals surface area (Å²) in [6, 6.07) is 10.7. The lowest BCUT2D eigenvalue weighted by molar-refractivity contribution is 0.179. The number of hydrogen-bond donors (Lipinski definition) is 2. The van der Waals surface area contributed by atoms with Crippen molar-refractivity contribution in [3.8, 4) is 0 Å². The number of rotatable bonds is 9. The summed E-state index contributed by atoms with van der Waals surface area (Å²) < 4.78 is 5.04. The van der Waals surface area contributed by atoms with E-state index in [9.17, 15) is 0 Å². The molecule has 0 bridgehead atoms. The van der Waals surface area contributed by atoms with Crippen LogP contribution in [0.5, 0.6) is 0 Å². The number of benzene rings is 1. The van der Waals surface area contributed by atoms with E-state index >= 15 is 0 Å². The van der Waals surface area contributed by atoms with E-state index in [1.54, 1.807) is 7.11 Å². The SMILES string of the molecule is COCC(C)NC(N)=NCCCN(C)Cc1ccccc1. The van der Waals surface area contributed by atoms with Crippen molar-refractivity contribution in [2.45, 2.75) is 25.9 Å². The predicted molar refractivity (Wildman–Crippen MR) is 88.4 cm³/mol. The van der Waals surface area contributed by atoms with Gasteiger partial charge in [-0.2, -0.15) is 0 Å². The monoisotopic (exact) mass is 292 g/mol. The molecule has 0 aliphatic heterocycles. The van der Waals surface area contributed by atoms with Crippen molar-refractivity contribution in [1.29, 1.82) is 0 Å². The molecule has 1 atom stereocenters. The summed E-state index contributed by atoms with van der Waals surface area (Å²) in [5, 5.41) is 3.10. The van der Waals surface area contributed by atoms with Crippen molar-refractivity contribution in [2.75, 3.05) is 33.9 Å². The quantitative estimate of drug-likeness (QED) is 0.411. The lowest BCUT2D eigenvalue weighted by Crippen LogP contribution is -2.40. The fourth-order valence-corrected chi connectivity index (χ4v) is 2.10. The average Bonchev–Trinajstić information content (AvgIpc) is 2.45. The predicted octanol–water partition coefficient (Wildman–Crippen LogP) is 1.45. The van der Waals surface area contributed by atoms with E-state index in [-0.39, 0.29) is 6.04 Å². The first-order valence-corrected chi connectivity index (χ1v) is 7.39. The first-order valence-electron chi connectivity index (χ1n) is 7.39. The summed E-state index contributed by atoms with van der Waals surface area (Å²) in [5.41, 5.74) is 7.15. The van der Waals surface area contributed by atoms with Crippen LogP contribution in [0.1, 0.15) is 18.9 Å². The van der Waals surface area contributed by atoms with Gasteiger partial charge in [0.1, 0.15) is 0 Å². The molecule has 21 heavy (non-hydrogen) atoms. The summed E-state index contributed by atoms with van der Waals surface area (Å²) in [4.78, 5) is 6.62. The molecule has 0 aliphatic carbocycles. The minimum Gasteiger partial charge on any atom is -0.383 e. The highest BCUT2D eigenvalue weighted by molar-refractivity contribution is 5.78. The summed E-state index contributed by atoms with van der Waals surface area (Å²) >= 11 is 0. The second kappa shape index (κ2) is 10.2. The molecule has 0 radical (unpaired) electrons. The molecule has 0 aliphatic rings. The molecule has 0 fully saturated rings. The van der Waals surface area contributed by atoms with Crippen LogP contribution in [-0.2, 0) is 11.3 Å². The Morgan fingerprint density at radius 2 is 2.10 bits per heavy atom. The van der Waals surface area contributed by atoms with Crippen LogP contribution in [-0.4, -0.2) is 50.8 Å². The maximum atomic E-state index is 5.82. The maximum absolute atomic E-state index is 5.82. The molecule has 1 aromatic carbocycles. The van der Waals surface area contributed by atoms with Gasteiger partial charge in [-0.1, -0.05) is 30.3 Å². The van der Waals surface area contributed by atoms with Crippen LogP contribution in [0.4, 0.5) is 0 Å². The summed E-state index contributed by atoms with van der Waals surface area (Å²) in [7, 11) is 3.80. The van der Waals surface area contributed by atoms with Gasteiger partial charge in [-0.05, 0) is 32.5 Å². The third kappa shape index (κ3) is 8.32. The molecule has 0 spiro atoms. The van der Waals surface area contributed by atoms with Crippen LogP contribution in [0.3, 0.4) is 0 Å². The lowest BCUT2D eigenvalue weighted by Gasteiger charge is -2.16. The van der Waals surface area contributed by atoms with Gasteiger partial charge in [0.25, 0.3) is 0 Å². The van der Waals surface area contributed by atoms with Crippen molar-refractivity contribution >= 4 is 5.96 Å².